The summed E-state index contributed by atoms with van der Waals surface area (Å²) in [5.41, 5.74) is 0.363. The molecule has 1 fully saturated rings. The van der Waals surface area contributed by atoms with Gasteiger partial charge in [-0.2, -0.15) is 0 Å². The van der Waals surface area contributed by atoms with Crippen molar-refractivity contribution in [3.8, 4) is 0 Å². The molecule has 104 valence electrons. The molecule has 4 nitrogen and oxygen atoms in total. The van der Waals surface area contributed by atoms with Crippen LogP contribution >= 0.6 is 15.9 Å². The summed E-state index contributed by atoms with van der Waals surface area (Å²) >= 11 is 3.46. The number of amides is 1. The third-order valence-electron chi connectivity index (χ3n) is 3.67. The minimum atomic E-state index is -0.139. The second kappa shape index (κ2) is 6.37. The number of pyridine rings is 1. The highest BCUT2D eigenvalue weighted by Gasteiger charge is 2.24. The molecule has 0 aromatic carbocycles. The highest BCUT2D eigenvalue weighted by atomic mass is 79.9. The van der Waals surface area contributed by atoms with E-state index in [0.717, 1.165) is 31.3 Å². The smallest absolute Gasteiger partial charge is 0.254 e. The van der Waals surface area contributed by atoms with Crippen molar-refractivity contribution in [1.82, 2.24) is 9.47 Å². The second-order valence-corrected chi connectivity index (χ2v) is 5.89. The van der Waals surface area contributed by atoms with Crippen LogP contribution in [0.2, 0.25) is 0 Å². The number of piperidine rings is 1. The highest BCUT2D eigenvalue weighted by Crippen LogP contribution is 2.21. The molecule has 1 aromatic rings. The Morgan fingerprint density at radius 1 is 1.53 bits per heavy atom. The molecule has 1 aromatic heterocycles. The Morgan fingerprint density at radius 3 is 3.00 bits per heavy atom. The van der Waals surface area contributed by atoms with Gasteiger partial charge < -0.3 is 9.47 Å². The van der Waals surface area contributed by atoms with E-state index < -0.39 is 0 Å². The number of aryl methyl sites for hydroxylation is 1. The third-order valence-corrected chi connectivity index (χ3v) is 4.13. The normalized spacial score (nSPS) is 19.5. The Balaban J connectivity index is 2.10. The summed E-state index contributed by atoms with van der Waals surface area (Å²) in [6.07, 6.45) is 4.98. The van der Waals surface area contributed by atoms with Crippen LogP contribution in [0.25, 0.3) is 0 Å². The van der Waals surface area contributed by atoms with E-state index in [4.69, 9.17) is 0 Å². The Labute approximate surface area is 121 Å². The highest BCUT2D eigenvalue weighted by molar-refractivity contribution is 9.09. The Hall–Kier alpha value is -1.10. The summed E-state index contributed by atoms with van der Waals surface area (Å²) in [7, 11) is 1.68. The molecule has 0 aliphatic carbocycles. The molecule has 1 aliphatic heterocycles. The predicted molar refractivity (Wildman–Crippen MR) is 78.7 cm³/mol. The number of carbonyl (C=O) groups is 1. The van der Waals surface area contributed by atoms with Crippen molar-refractivity contribution in [2.75, 3.05) is 18.4 Å². The van der Waals surface area contributed by atoms with Gasteiger partial charge in [0.1, 0.15) is 0 Å². The van der Waals surface area contributed by atoms with Crippen molar-refractivity contribution in [2.45, 2.75) is 19.3 Å². The number of halogens is 1. The van der Waals surface area contributed by atoms with E-state index in [1.165, 1.54) is 17.1 Å². The van der Waals surface area contributed by atoms with E-state index in [2.05, 4.69) is 15.9 Å². The van der Waals surface area contributed by atoms with Crippen LogP contribution in [0.15, 0.2) is 23.1 Å². The van der Waals surface area contributed by atoms with Gasteiger partial charge in [0.05, 0.1) is 0 Å². The fourth-order valence-electron chi connectivity index (χ4n) is 2.50. The molecule has 2 heterocycles. The minimum absolute atomic E-state index is 0.0167. The molecule has 1 saturated heterocycles. The van der Waals surface area contributed by atoms with E-state index >= 15 is 0 Å². The topological polar surface area (TPSA) is 42.3 Å². The van der Waals surface area contributed by atoms with Gasteiger partial charge in [-0.3, -0.25) is 9.59 Å². The van der Waals surface area contributed by atoms with Crippen molar-refractivity contribution in [3.05, 3.63) is 34.2 Å². The Kier molecular flexibility index (Phi) is 4.80. The fourth-order valence-corrected chi connectivity index (χ4v) is 3.15. The van der Waals surface area contributed by atoms with Gasteiger partial charge in [-0.05, 0) is 31.2 Å². The van der Waals surface area contributed by atoms with Crippen molar-refractivity contribution in [2.24, 2.45) is 13.0 Å². The van der Waals surface area contributed by atoms with Gasteiger partial charge in [-0.1, -0.05) is 15.9 Å². The standard InChI is InChI=1S/C14H19BrN2O2/c1-16-8-5-12(9-13(16)18)14(19)17-7-2-3-11(10-17)4-6-15/h5,8-9,11H,2-4,6-7,10H2,1H3. The Bertz CT molecular complexity index is 510. The SMILES string of the molecule is Cn1ccc(C(=O)N2CCCC(CCBr)C2)cc1=O. The van der Waals surface area contributed by atoms with E-state index in [1.54, 1.807) is 19.3 Å². The summed E-state index contributed by atoms with van der Waals surface area (Å²) in [5.74, 6) is 0.556. The van der Waals surface area contributed by atoms with Gasteiger partial charge in [0.15, 0.2) is 0 Å². The first-order valence-corrected chi connectivity index (χ1v) is 7.76. The summed E-state index contributed by atoms with van der Waals surface area (Å²) < 4.78 is 1.47. The summed E-state index contributed by atoms with van der Waals surface area (Å²) in [4.78, 5) is 25.8. The van der Waals surface area contributed by atoms with Crippen molar-refractivity contribution >= 4 is 21.8 Å². The zero-order valence-corrected chi connectivity index (χ0v) is 12.7. The van der Waals surface area contributed by atoms with Crippen molar-refractivity contribution in [3.63, 3.8) is 0 Å². The zero-order chi connectivity index (χ0) is 13.8. The molecular formula is C14H19BrN2O2. The number of carbonyl (C=O) groups excluding carboxylic acids is 1. The summed E-state index contributed by atoms with van der Waals surface area (Å²) in [5, 5.41) is 0.978. The fraction of sp³-hybridized carbons (Fsp3) is 0.571. The number of rotatable bonds is 3. The van der Waals surface area contributed by atoms with E-state index in [-0.39, 0.29) is 11.5 Å². The zero-order valence-electron chi connectivity index (χ0n) is 11.1. The maximum atomic E-state index is 12.4. The van der Waals surface area contributed by atoms with Crippen molar-refractivity contribution in [1.29, 1.82) is 0 Å². The van der Waals surface area contributed by atoms with Gasteiger partial charge in [-0.25, -0.2) is 0 Å². The number of alkyl halides is 1. The molecule has 0 N–H and O–H groups in total. The first-order valence-electron chi connectivity index (χ1n) is 6.63. The first-order chi connectivity index (χ1) is 9.11. The van der Waals surface area contributed by atoms with Gasteiger partial charge in [0, 0.05) is 43.3 Å². The van der Waals surface area contributed by atoms with Crippen LogP contribution in [0.5, 0.6) is 0 Å². The second-order valence-electron chi connectivity index (χ2n) is 5.10. The van der Waals surface area contributed by atoms with Gasteiger partial charge in [0.25, 0.3) is 11.5 Å². The van der Waals surface area contributed by atoms with E-state index in [0.29, 0.717) is 11.5 Å². The van der Waals surface area contributed by atoms with Crippen LogP contribution in [0.1, 0.15) is 29.6 Å². The maximum Gasteiger partial charge on any atom is 0.254 e. The van der Waals surface area contributed by atoms with E-state index in [1.807, 2.05) is 4.90 Å². The largest absolute Gasteiger partial charge is 0.338 e. The predicted octanol–water partition coefficient (Wildman–Crippen LogP) is 2.02. The lowest BCUT2D eigenvalue weighted by molar-refractivity contribution is 0.0671. The Morgan fingerprint density at radius 2 is 2.32 bits per heavy atom. The molecule has 0 bridgehead atoms. The molecule has 5 heteroatoms. The number of nitrogens with zero attached hydrogens (tertiary/aromatic N) is 2. The van der Waals surface area contributed by atoms with Crippen LogP contribution < -0.4 is 5.56 Å². The summed E-state index contributed by atoms with van der Waals surface area (Å²) in [6, 6.07) is 3.15. The van der Waals surface area contributed by atoms with Gasteiger partial charge >= 0.3 is 0 Å². The molecule has 0 radical (unpaired) electrons. The number of aromatic nitrogens is 1. The van der Waals surface area contributed by atoms with Crippen LogP contribution in [-0.2, 0) is 7.05 Å². The molecule has 1 amide bonds. The lowest BCUT2D eigenvalue weighted by Crippen LogP contribution is -2.40. The van der Waals surface area contributed by atoms with Crippen molar-refractivity contribution < 1.29 is 4.79 Å². The molecule has 2 rings (SSSR count). The molecule has 0 saturated carbocycles. The first kappa shape index (κ1) is 14.3. The van der Waals surface area contributed by atoms with E-state index in [9.17, 15) is 9.59 Å². The average Bonchev–Trinajstić information content (AvgIpc) is 2.42. The lowest BCUT2D eigenvalue weighted by atomic mass is 9.95. The van der Waals surface area contributed by atoms with Gasteiger partial charge in [0.2, 0.25) is 0 Å². The van der Waals surface area contributed by atoms with Crippen LogP contribution in [0, 0.1) is 5.92 Å². The molecule has 0 spiro atoms. The molecule has 19 heavy (non-hydrogen) atoms. The number of hydrogen-bond acceptors (Lipinski definition) is 2. The third kappa shape index (κ3) is 3.47. The molecule has 1 unspecified atom stereocenters. The van der Waals surface area contributed by atoms with Crippen LogP contribution in [-0.4, -0.2) is 33.8 Å². The monoisotopic (exact) mass is 326 g/mol. The van der Waals surface area contributed by atoms with Gasteiger partial charge in [-0.15, -0.1) is 0 Å². The quantitative estimate of drug-likeness (QED) is 0.797. The van der Waals surface area contributed by atoms with Crippen LogP contribution in [0.3, 0.4) is 0 Å². The molecular weight excluding hydrogens is 308 g/mol. The molecule has 1 atom stereocenters. The molecule has 1 aliphatic rings. The number of hydrogen-bond donors (Lipinski definition) is 0. The minimum Gasteiger partial charge on any atom is -0.338 e. The van der Waals surface area contributed by atoms with Crippen LogP contribution in [0.4, 0.5) is 0 Å². The maximum absolute atomic E-state index is 12.4. The summed E-state index contributed by atoms with van der Waals surface area (Å²) in [6.45, 7) is 1.60. The lowest BCUT2D eigenvalue weighted by Gasteiger charge is -2.32. The number of likely N-dealkylation sites (tertiary alicyclic amines) is 1. The average molecular weight is 327 g/mol.